The van der Waals surface area contributed by atoms with Crippen LogP contribution in [0.3, 0.4) is 0 Å². The first-order valence-corrected chi connectivity index (χ1v) is 11.3. The summed E-state index contributed by atoms with van der Waals surface area (Å²) in [5.41, 5.74) is 3.18. The van der Waals surface area contributed by atoms with Gasteiger partial charge in [-0.3, -0.25) is 9.88 Å². The smallest absolute Gasteiger partial charge is 0.250 e. The van der Waals surface area contributed by atoms with Gasteiger partial charge >= 0.3 is 0 Å². The highest BCUT2D eigenvalue weighted by Gasteiger charge is 2.38. The molecule has 170 valence electrons. The third kappa shape index (κ3) is 3.99. The highest BCUT2D eigenvalue weighted by atomic mass is 19.3. The van der Waals surface area contributed by atoms with Gasteiger partial charge in [-0.15, -0.1) is 5.10 Å². The molecule has 2 aliphatic rings. The predicted octanol–water partition coefficient (Wildman–Crippen LogP) is 3.13. The molecule has 0 aliphatic carbocycles. The molecular formula is C23H24F2N8. The molecule has 2 aliphatic heterocycles. The van der Waals surface area contributed by atoms with E-state index in [-0.39, 0.29) is 18.9 Å². The largest absolute Gasteiger partial charge is 0.354 e. The number of piperidine rings is 1. The highest BCUT2D eigenvalue weighted by Crippen LogP contribution is 2.31. The average Bonchev–Trinajstić information content (AvgIpc) is 3.47. The molecule has 0 saturated carbocycles. The van der Waals surface area contributed by atoms with E-state index in [1.165, 1.54) is 0 Å². The normalized spacial score (nSPS) is 21.3. The van der Waals surface area contributed by atoms with E-state index < -0.39 is 5.92 Å². The van der Waals surface area contributed by atoms with Crippen LogP contribution in [0, 0.1) is 0 Å². The molecule has 8 nitrogen and oxygen atoms in total. The Bertz CT molecular complexity index is 1300. The van der Waals surface area contributed by atoms with Crippen LogP contribution in [0.2, 0.25) is 0 Å². The first-order chi connectivity index (χ1) is 16.0. The first kappa shape index (κ1) is 20.3. The lowest BCUT2D eigenvalue weighted by Crippen LogP contribution is -2.46. The molecule has 0 amide bonds. The quantitative estimate of drug-likeness (QED) is 0.473. The minimum atomic E-state index is -2.52. The Labute approximate surface area is 189 Å². The van der Waals surface area contributed by atoms with Gasteiger partial charge in [-0.1, -0.05) is 17.3 Å². The lowest BCUT2D eigenvalue weighted by atomic mass is 10.0. The van der Waals surface area contributed by atoms with Crippen LogP contribution >= 0.6 is 0 Å². The molecule has 1 aromatic carbocycles. The highest BCUT2D eigenvalue weighted by molar-refractivity contribution is 5.79. The van der Waals surface area contributed by atoms with Crippen molar-refractivity contribution in [1.29, 1.82) is 0 Å². The van der Waals surface area contributed by atoms with E-state index >= 15 is 0 Å². The van der Waals surface area contributed by atoms with Crippen LogP contribution in [-0.2, 0) is 6.54 Å². The third-order valence-electron chi connectivity index (χ3n) is 6.75. The van der Waals surface area contributed by atoms with Gasteiger partial charge in [0.25, 0.3) is 5.92 Å². The maximum absolute atomic E-state index is 13.5. The molecule has 1 atom stereocenters. The number of pyridine rings is 1. The van der Waals surface area contributed by atoms with Crippen LogP contribution in [0.5, 0.6) is 0 Å². The molecule has 0 unspecified atom stereocenters. The molecule has 0 N–H and O–H groups in total. The van der Waals surface area contributed by atoms with E-state index in [0.29, 0.717) is 30.9 Å². The molecule has 6 rings (SSSR count). The molecular weight excluding hydrogens is 426 g/mol. The van der Waals surface area contributed by atoms with E-state index in [2.05, 4.69) is 36.1 Å². The second-order valence-corrected chi connectivity index (χ2v) is 8.93. The molecule has 33 heavy (non-hydrogen) atoms. The van der Waals surface area contributed by atoms with Crippen LogP contribution in [0.1, 0.15) is 24.8 Å². The van der Waals surface area contributed by atoms with Crippen LogP contribution in [0.15, 0.2) is 42.7 Å². The van der Waals surface area contributed by atoms with Crippen molar-refractivity contribution in [3.63, 3.8) is 0 Å². The molecule has 2 fully saturated rings. The van der Waals surface area contributed by atoms with E-state index in [1.54, 1.807) is 17.1 Å². The van der Waals surface area contributed by atoms with Crippen molar-refractivity contribution in [3.8, 4) is 0 Å². The van der Waals surface area contributed by atoms with Crippen LogP contribution in [-0.4, -0.2) is 73.0 Å². The first-order valence-electron chi connectivity index (χ1n) is 11.3. The molecule has 10 heteroatoms. The summed E-state index contributed by atoms with van der Waals surface area (Å²) in [5.74, 6) is -1.74. The SMILES string of the molecule is FC1(F)CCN([C@@H]2CCN(c3cnc4nnn(Cc5ccc6ncccc6c5)c4n3)C2)CC1. The number of aromatic nitrogens is 6. The van der Waals surface area contributed by atoms with Gasteiger partial charge in [0.05, 0.1) is 18.3 Å². The molecule has 4 aromatic rings. The lowest BCUT2D eigenvalue weighted by molar-refractivity contribution is -0.0614. The van der Waals surface area contributed by atoms with E-state index in [1.807, 2.05) is 24.3 Å². The summed E-state index contributed by atoms with van der Waals surface area (Å²) in [7, 11) is 0. The minimum Gasteiger partial charge on any atom is -0.354 e. The molecule has 5 heterocycles. The van der Waals surface area contributed by atoms with Gasteiger partial charge in [0.15, 0.2) is 5.65 Å². The van der Waals surface area contributed by atoms with Crippen LogP contribution in [0.4, 0.5) is 14.6 Å². The number of halogens is 2. The van der Waals surface area contributed by atoms with Crippen molar-refractivity contribution in [2.45, 2.75) is 37.8 Å². The molecule has 0 spiro atoms. The van der Waals surface area contributed by atoms with Gasteiger partial charge in [-0.25, -0.2) is 23.4 Å². The fraction of sp³-hybridized carbons (Fsp3) is 0.435. The van der Waals surface area contributed by atoms with Crippen LogP contribution in [0.25, 0.3) is 22.2 Å². The van der Waals surface area contributed by atoms with Gasteiger partial charge in [-0.2, -0.15) is 0 Å². The van der Waals surface area contributed by atoms with Gasteiger partial charge in [-0.05, 0) is 30.2 Å². The number of anilines is 1. The van der Waals surface area contributed by atoms with Crippen molar-refractivity contribution >= 4 is 28.0 Å². The number of hydrogen-bond donors (Lipinski definition) is 0. The van der Waals surface area contributed by atoms with Crippen LogP contribution < -0.4 is 4.90 Å². The Balaban J connectivity index is 1.20. The third-order valence-corrected chi connectivity index (χ3v) is 6.75. The maximum Gasteiger partial charge on any atom is 0.250 e. The maximum atomic E-state index is 13.5. The lowest BCUT2D eigenvalue weighted by Gasteiger charge is -2.35. The summed E-state index contributed by atoms with van der Waals surface area (Å²) in [5, 5.41) is 9.52. The van der Waals surface area contributed by atoms with E-state index in [4.69, 9.17) is 4.98 Å². The summed E-state index contributed by atoms with van der Waals surface area (Å²) in [4.78, 5) is 18.1. The molecule has 2 saturated heterocycles. The number of rotatable bonds is 4. The standard InChI is InChI=1S/C23H24F2N8/c24-23(25)6-10-31(11-7-23)18-5-9-32(15-18)20-13-27-21-22(28-20)33(30-29-21)14-16-3-4-19-17(12-16)2-1-8-26-19/h1-4,8,12-13,18H,5-7,9-11,14-15H2/t18-/m1/s1. The number of benzene rings is 1. The number of fused-ring (bicyclic) bond motifs is 2. The number of hydrogen-bond acceptors (Lipinski definition) is 7. The second-order valence-electron chi connectivity index (χ2n) is 8.93. The summed E-state index contributed by atoms with van der Waals surface area (Å²) in [6.07, 6.45) is 4.35. The van der Waals surface area contributed by atoms with E-state index in [0.717, 1.165) is 41.8 Å². The zero-order chi connectivity index (χ0) is 22.4. The van der Waals surface area contributed by atoms with Crippen molar-refractivity contribution in [2.75, 3.05) is 31.1 Å². The topological polar surface area (TPSA) is 75.9 Å². The van der Waals surface area contributed by atoms with Crippen molar-refractivity contribution in [3.05, 3.63) is 48.3 Å². The number of alkyl halides is 2. The fourth-order valence-electron chi connectivity index (χ4n) is 4.87. The van der Waals surface area contributed by atoms with Crippen molar-refractivity contribution in [2.24, 2.45) is 0 Å². The zero-order valence-electron chi connectivity index (χ0n) is 18.1. The van der Waals surface area contributed by atoms with Gasteiger partial charge in [0.2, 0.25) is 5.65 Å². The fourth-order valence-corrected chi connectivity index (χ4v) is 4.87. The summed E-state index contributed by atoms with van der Waals surface area (Å²) in [6, 6.07) is 10.4. The van der Waals surface area contributed by atoms with Gasteiger partial charge < -0.3 is 4.90 Å². The summed E-state index contributed by atoms with van der Waals surface area (Å²) >= 11 is 0. The Morgan fingerprint density at radius 3 is 2.82 bits per heavy atom. The number of likely N-dealkylation sites (tertiary alicyclic amines) is 1. The Morgan fingerprint density at radius 2 is 1.94 bits per heavy atom. The monoisotopic (exact) mass is 450 g/mol. The van der Waals surface area contributed by atoms with Crippen molar-refractivity contribution < 1.29 is 8.78 Å². The van der Waals surface area contributed by atoms with Gasteiger partial charge in [0, 0.05) is 56.6 Å². The van der Waals surface area contributed by atoms with Crippen molar-refractivity contribution in [1.82, 2.24) is 34.8 Å². The molecule has 0 radical (unpaired) electrons. The summed E-state index contributed by atoms with van der Waals surface area (Å²) < 4.78 is 28.8. The summed E-state index contributed by atoms with van der Waals surface area (Å²) in [6.45, 7) is 3.04. The second kappa shape index (κ2) is 7.95. The Morgan fingerprint density at radius 1 is 1.06 bits per heavy atom. The van der Waals surface area contributed by atoms with E-state index in [9.17, 15) is 8.78 Å². The molecule has 0 bridgehead atoms. The Kier molecular flexibility index (Phi) is 4.90. The zero-order valence-corrected chi connectivity index (χ0v) is 18.1. The number of nitrogens with zero attached hydrogens (tertiary/aromatic N) is 8. The average molecular weight is 450 g/mol. The molecule has 3 aromatic heterocycles. The Hall–Kier alpha value is -3.27. The minimum absolute atomic E-state index is 0.0506. The predicted molar refractivity (Wildman–Crippen MR) is 120 cm³/mol. The van der Waals surface area contributed by atoms with Gasteiger partial charge in [0.1, 0.15) is 5.82 Å².